The van der Waals surface area contributed by atoms with Gasteiger partial charge in [0.1, 0.15) is 0 Å². The highest BCUT2D eigenvalue weighted by molar-refractivity contribution is 5.20. The van der Waals surface area contributed by atoms with E-state index in [1.807, 2.05) is 27.7 Å². The zero-order valence-electron chi connectivity index (χ0n) is 12.5. The third kappa shape index (κ3) is 6.66. The quantitative estimate of drug-likeness (QED) is 0.556. The van der Waals surface area contributed by atoms with Crippen molar-refractivity contribution < 1.29 is 0 Å². The second-order valence-corrected chi connectivity index (χ2v) is 4.50. The summed E-state index contributed by atoms with van der Waals surface area (Å²) in [5.41, 5.74) is 1.80. The molecule has 0 aliphatic heterocycles. The van der Waals surface area contributed by atoms with Gasteiger partial charge in [0.25, 0.3) is 0 Å². The normalized spacial score (nSPS) is 11.5. The second-order valence-electron chi connectivity index (χ2n) is 4.50. The first-order valence-corrected chi connectivity index (χ1v) is 6.57. The van der Waals surface area contributed by atoms with E-state index in [0.29, 0.717) is 11.3 Å². The van der Waals surface area contributed by atoms with Gasteiger partial charge in [0, 0.05) is 0 Å². The standard InChI is InChI=1S/C12H18.2C2H6/c1-10(12(2,3)4)11-8-6-5-7-9-11;2*1-2/h5-10H,1-4H3;2*1-2H3. The van der Waals surface area contributed by atoms with E-state index in [1.54, 1.807) is 0 Å². The van der Waals surface area contributed by atoms with Crippen molar-refractivity contribution in [3.63, 3.8) is 0 Å². The largest absolute Gasteiger partial charge is 0.0683 e. The number of benzene rings is 1. The fourth-order valence-corrected chi connectivity index (χ4v) is 1.24. The van der Waals surface area contributed by atoms with Crippen LogP contribution in [0.2, 0.25) is 0 Å². The molecule has 0 aliphatic rings. The van der Waals surface area contributed by atoms with Crippen molar-refractivity contribution >= 4 is 0 Å². The van der Waals surface area contributed by atoms with E-state index in [1.165, 1.54) is 5.56 Å². The van der Waals surface area contributed by atoms with Crippen LogP contribution in [0.4, 0.5) is 0 Å². The highest BCUT2D eigenvalue weighted by Crippen LogP contribution is 2.33. The third-order valence-corrected chi connectivity index (χ3v) is 2.60. The number of hydrogen-bond acceptors (Lipinski definition) is 0. The smallest absolute Gasteiger partial charge is 0.0142 e. The zero-order valence-corrected chi connectivity index (χ0v) is 12.5. The van der Waals surface area contributed by atoms with Gasteiger partial charge in [0.05, 0.1) is 0 Å². The predicted molar refractivity (Wildman–Crippen MR) is 77.0 cm³/mol. The monoisotopic (exact) mass is 222 g/mol. The summed E-state index contributed by atoms with van der Waals surface area (Å²) in [6.45, 7) is 17.1. The lowest BCUT2D eigenvalue weighted by molar-refractivity contribution is 0.339. The first kappa shape index (κ1) is 17.6. The average molecular weight is 222 g/mol. The molecule has 0 heteroatoms. The third-order valence-electron chi connectivity index (χ3n) is 2.60. The molecule has 94 valence electrons. The molecular formula is C16H30. The molecule has 0 spiro atoms. The molecule has 0 saturated carbocycles. The molecule has 0 saturated heterocycles. The highest BCUT2D eigenvalue weighted by Gasteiger charge is 2.20. The summed E-state index contributed by atoms with van der Waals surface area (Å²) in [5, 5.41) is 0. The Morgan fingerprint density at radius 2 is 1.19 bits per heavy atom. The van der Waals surface area contributed by atoms with Gasteiger partial charge in [-0.2, -0.15) is 0 Å². The van der Waals surface area contributed by atoms with E-state index in [-0.39, 0.29) is 0 Å². The van der Waals surface area contributed by atoms with Crippen molar-refractivity contribution in [2.45, 2.75) is 61.3 Å². The van der Waals surface area contributed by atoms with Crippen LogP contribution in [0.15, 0.2) is 30.3 Å². The molecule has 0 radical (unpaired) electrons. The average Bonchev–Trinajstić information content (AvgIpc) is 2.33. The van der Waals surface area contributed by atoms with Crippen molar-refractivity contribution in [1.82, 2.24) is 0 Å². The lowest BCUT2D eigenvalue weighted by atomic mass is 9.78. The van der Waals surface area contributed by atoms with Gasteiger partial charge < -0.3 is 0 Å². The van der Waals surface area contributed by atoms with Crippen LogP contribution in [0, 0.1) is 5.41 Å². The fourth-order valence-electron chi connectivity index (χ4n) is 1.24. The van der Waals surface area contributed by atoms with Crippen molar-refractivity contribution in [2.24, 2.45) is 5.41 Å². The van der Waals surface area contributed by atoms with Gasteiger partial charge in [-0.25, -0.2) is 0 Å². The SMILES string of the molecule is CC.CC.CC(c1ccccc1)C(C)(C)C. The summed E-state index contributed by atoms with van der Waals surface area (Å²) in [7, 11) is 0. The Hall–Kier alpha value is -0.780. The lowest BCUT2D eigenvalue weighted by Crippen LogP contribution is -2.14. The molecule has 0 bridgehead atoms. The minimum absolute atomic E-state index is 0.362. The van der Waals surface area contributed by atoms with Gasteiger partial charge in [-0.05, 0) is 16.9 Å². The minimum atomic E-state index is 0.362. The molecule has 1 rings (SSSR count). The first-order chi connectivity index (χ1) is 7.52. The molecule has 0 aromatic heterocycles. The van der Waals surface area contributed by atoms with Gasteiger partial charge in [-0.3, -0.25) is 0 Å². The van der Waals surface area contributed by atoms with E-state index in [9.17, 15) is 0 Å². The molecule has 0 fully saturated rings. The molecule has 1 aromatic carbocycles. The molecular weight excluding hydrogens is 192 g/mol. The Morgan fingerprint density at radius 1 is 0.812 bits per heavy atom. The van der Waals surface area contributed by atoms with Gasteiger partial charge in [-0.15, -0.1) is 0 Å². The summed E-state index contributed by atoms with van der Waals surface area (Å²) in [6, 6.07) is 10.7. The summed E-state index contributed by atoms with van der Waals surface area (Å²) in [6.07, 6.45) is 0. The fraction of sp³-hybridized carbons (Fsp3) is 0.625. The second kappa shape index (κ2) is 9.45. The molecule has 0 nitrogen and oxygen atoms in total. The first-order valence-electron chi connectivity index (χ1n) is 6.57. The summed E-state index contributed by atoms with van der Waals surface area (Å²) in [5.74, 6) is 0.624. The Kier molecular flexibility index (Phi) is 10.4. The van der Waals surface area contributed by atoms with Crippen LogP contribution in [-0.2, 0) is 0 Å². The molecule has 0 N–H and O–H groups in total. The van der Waals surface area contributed by atoms with E-state index >= 15 is 0 Å². The lowest BCUT2D eigenvalue weighted by Gasteiger charge is -2.27. The Labute approximate surface area is 103 Å². The van der Waals surface area contributed by atoms with Crippen molar-refractivity contribution in [3.05, 3.63) is 35.9 Å². The van der Waals surface area contributed by atoms with Crippen molar-refractivity contribution in [3.8, 4) is 0 Å². The van der Waals surface area contributed by atoms with Crippen LogP contribution in [0.5, 0.6) is 0 Å². The van der Waals surface area contributed by atoms with Crippen LogP contribution >= 0.6 is 0 Å². The molecule has 1 aromatic rings. The van der Waals surface area contributed by atoms with Gasteiger partial charge in [-0.1, -0.05) is 85.7 Å². The van der Waals surface area contributed by atoms with E-state index in [4.69, 9.17) is 0 Å². The van der Waals surface area contributed by atoms with Crippen LogP contribution in [-0.4, -0.2) is 0 Å². The Morgan fingerprint density at radius 3 is 1.50 bits per heavy atom. The number of rotatable bonds is 1. The van der Waals surface area contributed by atoms with Crippen LogP contribution in [0.25, 0.3) is 0 Å². The molecule has 16 heavy (non-hydrogen) atoms. The molecule has 1 atom stereocenters. The van der Waals surface area contributed by atoms with E-state index in [0.717, 1.165) is 0 Å². The van der Waals surface area contributed by atoms with Crippen molar-refractivity contribution in [1.29, 1.82) is 0 Å². The van der Waals surface area contributed by atoms with Gasteiger partial charge in [0.2, 0.25) is 0 Å². The van der Waals surface area contributed by atoms with Gasteiger partial charge >= 0.3 is 0 Å². The van der Waals surface area contributed by atoms with Gasteiger partial charge in [0.15, 0.2) is 0 Å². The molecule has 0 amide bonds. The Bertz CT molecular complexity index is 228. The highest BCUT2D eigenvalue weighted by atomic mass is 14.3. The maximum absolute atomic E-state index is 2.29. The number of hydrogen-bond donors (Lipinski definition) is 0. The maximum atomic E-state index is 2.29. The predicted octanol–water partition coefficient (Wildman–Crippen LogP) is 5.89. The minimum Gasteiger partial charge on any atom is -0.0683 e. The van der Waals surface area contributed by atoms with Crippen LogP contribution in [0.1, 0.15) is 66.9 Å². The summed E-state index contributed by atoms with van der Waals surface area (Å²) in [4.78, 5) is 0. The van der Waals surface area contributed by atoms with E-state index < -0.39 is 0 Å². The van der Waals surface area contributed by atoms with Crippen molar-refractivity contribution in [2.75, 3.05) is 0 Å². The van der Waals surface area contributed by atoms with Crippen LogP contribution < -0.4 is 0 Å². The summed E-state index contributed by atoms with van der Waals surface area (Å²) >= 11 is 0. The maximum Gasteiger partial charge on any atom is -0.0142 e. The molecule has 0 aliphatic carbocycles. The summed E-state index contributed by atoms with van der Waals surface area (Å²) < 4.78 is 0. The topological polar surface area (TPSA) is 0 Å². The molecule has 0 heterocycles. The molecule has 1 unspecified atom stereocenters. The van der Waals surface area contributed by atoms with E-state index in [2.05, 4.69) is 58.0 Å². The Balaban J connectivity index is 0. The van der Waals surface area contributed by atoms with Crippen LogP contribution in [0.3, 0.4) is 0 Å². The zero-order chi connectivity index (χ0) is 13.2.